The number of nitro groups is 1. The van der Waals surface area contributed by atoms with Gasteiger partial charge in [-0.05, 0) is 24.8 Å². The zero-order valence-corrected chi connectivity index (χ0v) is 16.6. The number of guanidine groups is 1. The Kier molecular flexibility index (Phi) is 7.89. The van der Waals surface area contributed by atoms with Gasteiger partial charge in [0.2, 0.25) is 0 Å². The first-order chi connectivity index (χ1) is 11.7. The van der Waals surface area contributed by atoms with Crippen LogP contribution in [0, 0.1) is 16.0 Å². The van der Waals surface area contributed by atoms with Crippen molar-refractivity contribution in [2.24, 2.45) is 10.9 Å². The molecule has 1 N–H and O–H groups in total. The van der Waals surface area contributed by atoms with Crippen molar-refractivity contribution in [2.75, 3.05) is 32.8 Å². The molecule has 7 nitrogen and oxygen atoms in total. The van der Waals surface area contributed by atoms with Crippen LogP contribution in [0.3, 0.4) is 0 Å². The van der Waals surface area contributed by atoms with Crippen LogP contribution in [-0.2, 0) is 11.3 Å². The number of hydrogen-bond donors (Lipinski definition) is 1. The summed E-state index contributed by atoms with van der Waals surface area (Å²) in [6, 6.07) is 6.61. The number of halogens is 1. The van der Waals surface area contributed by atoms with Crippen LogP contribution in [0.2, 0.25) is 0 Å². The summed E-state index contributed by atoms with van der Waals surface area (Å²) in [5.41, 5.74) is 1.09. The summed E-state index contributed by atoms with van der Waals surface area (Å²) in [4.78, 5) is 17.4. The van der Waals surface area contributed by atoms with Crippen molar-refractivity contribution in [3.63, 3.8) is 0 Å². The Balaban J connectivity index is 0.00000225. The molecule has 2 aliphatic rings. The lowest BCUT2D eigenvalue weighted by atomic mass is 10.1. The molecule has 2 saturated heterocycles. The SMILES string of the molecule is I.O=[N+]([O-])c1ccc(CN=C(NCC2CCOC2)N2CCCC2)cc1. The molecule has 8 heteroatoms. The van der Waals surface area contributed by atoms with Crippen molar-refractivity contribution in [3.8, 4) is 0 Å². The van der Waals surface area contributed by atoms with Gasteiger partial charge in [0, 0.05) is 44.3 Å². The maximum Gasteiger partial charge on any atom is 0.269 e. The molecule has 2 heterocycles. The maximum absolute atomic E-state index is 10.7. The van der Waals surface area contributed by atoms with Crippen molar-refractivity contribution in [1.29, 1.82) is 0 Å². The third kappa shape index (κ3) is 5.81. The van der Waals surface area contributed by atoms with Crippen LogP contribution >= 0.6 is 24.0 Å². The molecule has 2 fully saturated rings. The Morgan fingerprint density at radius 1 is 1.32 bits per heavy atom. The van der Waals surface area contributed by atoms with Gasteiger partial charge in [-0.1, -0.05) is 12.1 Å². The molecule has 2 aliphatic heterocycles. The molecule has 3 rings (SSSR count). The second-order valence-electron chi connectivity index (χ2n) is 6.37. The van der Waals surface area contributed by atoms with E-state index in [4.69, 9.17) is 9.73 Å². The summed E-state index contributed by atoms with van der Waals surface area (Å²) in [5, 5.41) is 14.2. The molecular weight excluding hydrogens is 435 g/mol. The minimum atomic E-state index is -0.381. The van der Waals surface area contributed by atoms with E-state index in [2.05, 4.69) is 10.2 Å². The smallest absolute Gasteiger partial charge is 0.269 e. The van der Waals surface area contributed by atoms with Gasteiger partial charge in [0.05, 0.1) is 18.1 Å². The molecule has 0 radical (unpaired) electrons. The molecular formula is C17H25IN4O3. The molecule has 0 aromatic heterocycles. The average molecular weight is 460 g/mol. The molecule has 1 aromatic rings. The van der Waals surface area contributed by atoms with E-state index in [1.54, 1.807) is 12.1 Å². The lowest BCUT2D eigenvalue weighted by molar-refractivity contribution is -0.384. The van der Waals surface area contributed by atoms with Gasteiger partial charge in [-0.15, -0.1) is 24.0 Å². The quantitative estimate of drug-likeness (QED) is 0.240. The van der Waals surface area contributed by atoms with E-state index in [1.165, 1.54) is 25.0 Å². The zero-order chi connectivity index (χ0) is 16.8. The first-order valence-corrected chi connectivity index (χ1v) is 8.57. The van der Waals surface area contributed by atoms with Crippen LogP contribution in [0.5, 0.6) is 0 Å². The predicted molar refractivity (Wildman–Crippen MR) is 107 cm³/mol. The van der Waals surface area contributed by atoms with E-state index < -0.39 is 0 Å². The molecule has 138 valence electrons. The number of non-ortho nitro benzene ring substituents is 1. The Hall–Kier alpha value is -1.42. The minimum Gasteiger partial charge on any atom is -0.381 e. The molecule has 0 bridgehead atoms. The molecule has 0 aliphatic carbocycles. The number of nitrogens with one attached hydrogen (secondary N) is 1. The summed E-state index contributed by atoms with van der Waals surface area (Å²) in [5.74, 6) is 1.50. The van der Waals surface area contributed by atoms with Crippen LogP contribution < -0.4 is 5.32 Å². The van der Waals surface area contributed by atoms with E-state index in [-0.39, 0.29) is 34.6 Å². The average Bonchev–Trinajstić information content (AvgIpc) is 3.29. The summed E-state index contributed by atoms with van der Waals surface area (Å²) in [7, 11) is 0. The van der Waals surface area contributed by atoms with E-state index in [0.717, 1.165) is 50.8 Å². The number of hydrogen-bond acceptors (Lipinski definition) is 4. The summed E-state index contributed by atoms with van der Waals surface area (Å²) in [6.45, 7) is 5.15. The van der Waals surface area contributed by atoms with Crippen LogP contribution in [0.25, 0.3) is 0 Å². The second kappa shape index (κ2) is 9.91. The van der Waals surface area contributed by atoms with Crippen molar-refractivity contribution >= 4 is 35.6 Å². The standard InChI is InChI=1S/C17H24N4O3.HI/c22-21(23)16-5-3-14(4-6-16)11-18-17(20-8-1-2-9-20)19-12-15-7-10-24-13-15;/h3-6,15H,1-2,7-13H2,(H,18,19);1H. The minimum absolute atomic E-state index is 0. The van der Waals surface area contributed by atoms with Crippen molar-refractivity contribution < 1.29 is 9.66 Å². The molecule has 0 saturated carbocycles. The highest BCUT2D eigenvalue weighted by molar-refractivity contribution is 14.0. The monoisotopic (exact) mass is 460 g/mol. The van der Waals surface area contributed by atoms with E-state index in [0.29, 0.717) is 12.5 Å². The van der Waals surface area contributed by atoms with Crippen molar-refractivity contribution in [2.45, 2.75) is 25.8 Å². The topological polar surface area (TPSA) is 80.0 Å². The van der Waals surface area contributed by atoms with Crippen LogP contribution in [-0.4, -0.2) is 48.6 Å². The fourth-order valence-corrected chi connectivity index (χ4v) is 3.07. The Labute approximate surface area is 165 Å². The highest BCUT2D eigenvalue weighted by atomic mass is 127. The van der Waals surface area contributed by atoms with Gasteiger partial charge in [0.25, 0.3) is 5.69 Å². The highest BCUT2D eigenvalue weighted by Gasteiger charge is 2.20. The van der Waals surface area contributed by atoms with Gasteiger partial charge in [0.15, 0.2) is 5.96 Å². The zero-order valence-electron chi connectivity index (χ0n) is 14.2. The van der Waals surface area contributed by atoms with Gasteiger partial charge >= 0.3 is 0 Å². The largest absolute Gasteiger partial charge is 0.381 e. The van der Waals surface area contributed by atoms with Gasteiger partial charge in [0.1, 0.15) is 0 Å². The Morgan fingerprint density at radius 2 is 2.04 bits per heavy atom. The Morgan fingerprint density at radius 3 is 2.64 bits per heavy atom. The third-order valence-corrected chi connectivity index (χ3v) is 4.54. The lowest BCUT2D eigenvalue weighted by Gasteiger charge is -2.22. The number of rotatable bonds is 5. The summed E-state index contributed by atoms with van der Waals surface area (Å²) >= 11 is 0. The van der Waals surface area contributed by atoms with Gasteiger partial charge in [-0.2, -0.15) is 0 Å². The number of aliphatic imine (C=N–C) groups is 1. The summed E-state index contributed by atoms with van der Waals surface area (Å²) < 4.78 is 5.43. The van der Waals surface area contributed by atoms with Crippen LogP contribution in [0.1, 0.15) is 24.8 Å². The van der Waals surface area contributed by atoms with Gasteiger partial charge in [-0.25, -0.2) is 4.99 Å². The second-order valence-corrected chi connectivity index (χ2v) is 6.37. The fraction of sp³-hybridized carbons (Fsp3) is 0.588. The maximum atomic E-state index is 10.7. The van der Waals surface area contributed by atoms with E-state index in [9.17, 15) is 10.1 Å². The van der Waals surface area contributed by atoms with Crippen LogP contribution in [0.15, 0.2) is 29.3 Å². The first-order valence-electron chi connectivity index (χ1n) is 8.57. The van der Waals surface area contributed by atoms with Crippen LogP contribution in [0.4, 0.5) is 5.69 Å². The fourth-order valence-electron chi connectivity index (χ4n) is 3.07. The van der Waals surface area contributed by atoms with E-state index in [1.807, 2.05) is 0 Å². The molecule has 0 amide bonds. The van der Waals surface area contributed by atoms with E-state index >= 15 is 0 Å². The molecule has 1 atom stereocenters. The Bertz CT molecular complexity index is 582. The molecule has 1 aromatic carbocycles. The normalized spacial score (nSPS) is 20.4. The van der Waals surface area contributed by atoms with Crippen molar-refractivity contribution in [1.82, 2.24) is 10.2 Å². The van der Waals surface area contributed by atoms with Crippen molar-refractivity contribution in [3.05, 3.63) is 39.9 Å². The number of benzene rings is 1. The van der Waals surface area contributed by atoms with Gasteiger partial charge in [-0.3, -0.25) is 10.1 Å². The highest BCUT2D eigenvalue weighted by Crippen LogP contribution is 2.14. The van der Waals surface area contributed by atoms with Gasteiger partial charge < -0.3 is 15.0 Å². The third-order valence-electron chi connectivity index (χ3n) is 4.54. The molecule has 25 heavy (non-hydrogen) atoms. The molecule has 1 unspecified atom stereocenters. The number of nitrogens with zero attached hydrogens (tertiary/aromatic N) is 3. The summed E-state index contributed by atoms with van der Waals surface area (Å²) in [6.07, 6.45) is 3.50. The number of ether oxygens (including phenoxy) is 1. The molecule has 0 spiro atoms. The predicted octanol–water partition coefficient (Wildman–Crippen LogP) is 2.79. The number of nitro benzene ring substituents is 1. The number of likely N-dealkylation sites (tertiary alicyclic amines) is 1. The lowest BCUT2D eigenvalue weighted by Crippen LogP contribution is -2.41. The first kappa shape index (κ1) is 19.9.